The van der Waals surface area contributed by atoms with Gasteiger partial charge in [-0.1, -0.05) is 121 Å². The first-order valence-electron chi connectivity index (χ1n) is 18.5. The van der Waals surface area contributed by atoms with Crippen molar-refractivity contribution in [2.75, 3.05) is 4.31 Å². The molecule has 3 aliphatic heterocycles. The van der Waals surface area contributed by atoms with Gasteiger partial charge < -0.3 is 4.74 Å². The molecular formula is C46H38N4O3S. The molecule has 4 heterocycles. The number of fused-ring (bicyclic) bond motifs is 9. The van der Waals surface area contributed by atoms with Crippen molar-refractivity contribution in [3.05, 3.63) is 179 Å². The average Bonchev–Trinajstić information content (AvgIpc) is 3.58. The zero-order valence-corrected chi connectivity index (χ0v) is 30.8. The quantitative estimate of drug-likeness (QED) is 0.180. The van der Waals surface area contributed by atoms with Crippen LogP contribution in [0.3, 0.4) is 0 Å². The van der Waals surface area contributed by atoms with E-state index in [9.17, 15) is 8.42 Å². The second-order valence-electron chi connectivity index (χ2n) is 15.1. The third-order valence-electron chi connectivity index (χ3n) is 11.5. The van der Waals surface area contributed by atoms with Crippen LogP contribution in [0.5, 0.6) is 5.75 Å². The Balaban J connectivity index is 1.23. The van der Waals surface area contributed by atoms with E-state index in [2.05, 4.69) is 62.4 Å². The number of aromatic nitrogens is 3. The molecule has 4 aromatic carbocycles. The SMILES string of the molecule is C/C1=C\C2c3ccccc3S(=O)(=O)N(c3ccccc3)C2CC2=CC=C[C@](C)(C2)c2nc(-c3ccccc3)nc(n2)-c2cccc3c2C2C=C1C=CC2O3. The lowest BCUT2D eigenvalue weighted by Crippen LogP contribution is -2.48. The maximum absolute atomic E-state index is 14.8. The molecule has 5 atom stereocenters. The molecule has 0 saturated heterocycles. The standard InChI is InChI=1S/C46H38N4O3S/c1-29-25-36-34-18-9-10-21-41(34)54(51,52)50(33-16-7-4-8-17-33)38(36)26-30-13-12-24-46(2,28-30)45-48-43(31-14-5-3-6-15-31)47-44(49-45)35-19-11-20-40-42(35)37-27-32(29)22-23-39(37)53-40/h3-25,27,36-39H,26,28H2,1-2H3/b29-25+/t36?,37?,38?,39?,46-/m1/s1. The lowest BCUT2D eigenvalue weighted by molar-refractivity contribution is 0.268. The van der Waals surface area contributed by atoms with Crippen molar-refractivity contribution in [3.8, 4) is 28.5 Å². The van der Waals surface area contributed by atoms with Crippen molar-refractivity contribution >= 4 is 15.7 Å². The average molecular weight is 727 g/mol. The Labute approximate surface area is 315 Å². The number of rotatable bonds is 2. The fraction of sp³-hybridized carbons (Fsp3) is 0.196. The summed E-state index contributed by atoms with van der Waals surface area (Å²) in [7, 11) is -3.90. The number of hydrogen-bond donors (Lipinski definition) is 0. The zero-order valence-electron chi connectivity index (χ0n) is 30.0. The molecule has 0 radical (unpaired) electrons. The molecule has 0 amide bonds. The highest BCUT2D eigenvalue weighted by Gasteiger charge is 2.45. The first kappa shape index (κ1) is 32.8. The maximum atomic E-state index is 14.8. The molecule has 0 N–H and O–H groups in total. The Bertz CT molecular complexity index is 2610. The Kier molecular flexibility index (Phi) is 7.49. The molecule has 0 fully saturated rings. The van der Waals surface area contributed by atoms with Gasteiger partial charge in [0, 0.05) is 33.9 Å². The molecule has 54 heavy (non-hydrogen) atoms. The minimum atomic E-state index is -3.90. The van der Waals surface area contributed by atoms with Gasteiger partial charge in [0.2, 0.25) is 0 Å². The van der Waals surface area contributed by atoms with E-state index in [0.29, 0.717) is 40.9 Å². The summed E-state index contributed by atoms with van der Waals surface area (Å²) in [6.07, 6.45) is 16.2. The second kappa shape index (κ2) is 12.4. The summed E-state index contributed by atoms with van der Waals surface area (Å²) in [4.78, 5) is 15.9. The normalized spacial score (nSPS) is 26.7. The second-order valence-corrected chi connectivity index (χ2v) is 16.9. The zero-order chi connectivity index (χ0) is 36.6. The van der Waals surface area contributed by atoms with Gasteiger partial charge in [0.25, 0.3) is 10.0 Å². The number of sulfonamides is 1. The van der Waals surface area contributed by atoms with Gasteiger partial charge in [-0.2, -0.15) is 0 Å². The monoisotopic (exact) mass is 726 g/mol. The molecule has 0 spiro atoms. The number of nitrogens with zero attached hydrogens (tertiary/aromatic N) is 4. The Morgan fingerprint density at radius 1 is 0.815 bits per heavy atom. The lowest BCUT2D eigenvalue weighted by atomic mass is 9.75. The van der Waals surface area contributed by atoms with Crippen molar-refractivity contribution in [1.82, 2.24) is 15.0 Å². The van der Waals surface area contributed by atoms with Gasteiger partial charge in [-0.05, 0) is 73.7 Å². The van der Waals surface area contributed by atoms with Crippen molar-refractivity contribution in [2.24, 2.45) is 0 Å². The fourth-order valence-corrected chi connectivity index (χ4v) is 10.9. The van der Waals surface area contributed by atoms with Gasteiger partial charge in [0.05, 0.1) is 16.6 Å². The molecule has 8 heteroatoms. The number of para-hydroxylation sites is 1. The van der Waals surface area contributed by atoms with Gasteiger partial charge in [-0.3, -0.25) is 4.31 Å². The van der Waals surface area contributed by atoms with Crippen LogP contribution in [-0.4, -0.2) is 35.5 Å². The number of allylic oxidation sites excluding steroid dienone is 6. The van der Waals surface area contributed by atoms with E-state index < -0.39 is 21.5 Å². The number of hydrogen-bond acceptors (Lipinski definition) is 6. The van der Waals surface area contributed by atoms with E-state index in [0.717, 1.165) is 44.7 Å². The summed E-state index contributed by atoms with van der Waals surface area (Å²) < 4.78 is 37.8. The molecule has 10 rings (SSSR count). The molecule has 0 saturated carbocycles. The smallest absolute Gasteiger partial charge is 0.264 e. The predicted octanol–water partition coefficient (Wildman–Crippen LogP) is 9.40. The van der Waals surface area contributed by atoms with Gasteiger partial charge in [0.15, 0.2) is 11.6 Å². The third-order valence-corrected chi connectivity index (χ3v) is 13.5. The minimum absolute atomic E-state index is 0.0665. The van der Waals surface area contributed by atoms with Crippen LogP contribution in [0.15, 0.2) is 167 Å². The van der Waals surface area contributed by atoms with E-state index >= 15 is 0 Å². The number of ether oxygens (including phenoxy) is 1. The maximum Gasteiger partial charge on any atom is 0.264 e. The largest absolute Gasteiger partial charge is 0.485 e. The van der Waals surface area contributed by atoms with Crippen LogP contribution in [0.25, 0.3) is 22.8 Å². The summed E-state index contributed by atoms with van der Waals surface area (Å²) in [6.45, 7) is 4.31. The lowest BCUT2D eigenvalue weighted by Gasteiger charge is -2.43. The van der Waals surface area contributed by atoms with Crippen molar-refractivity contribution in [3.63, 3.8) is 0 Å². The van der Waals surface area contributed by atoms with E-state index in [1.165, 1.54) is 0 Å². The van der Waals surface area contributed by atoms with Gasteiger partial charge >= 0.3 is 0 Å². The van der Waals surface area contributed by atoms with Crippen LogP contribution in [0, 0.1) is 0 Å². The Morgan fingerprint density at radius 2 is 1.57 bits per heavy atom. The number of benzene rings is 4. The van der Waals surface area contributed by atoms with Crippen LogP contribution in [0.4, 0.5) is 5.69 Å². The van der Waals surface area contributed by atoms with Gasteiger partial charge in [0.1, 0.15) is 17.7 Å². The van der Waals surface area contributed by atoms with E-state index in [-0.39, 0.29) is 17.9 Å². The highest BCUT2D eigenvalue weighted by molar-refractivity contribution is 7.93. The van der Waals surface area contributed by atoms with Crippen LogP contribution in [0.2, 0.25) is 0 Å². The fourth-order valence-electron chi connectivity index (χ4n) is 8.94. The van der Waals surface area contributed by atoms with Crippen LogP contribution >= 0.6 is 0 Å². The van der Waals surface area contributed by atoms with Crippen LogP contribution in [-0.2, 0) is 15.4 Å². The third kappa shape index (κ3) is 5.22. The molecule has 1 aromatic heterocycles. The summed E-state index contributed by atoms with van der Waals surface area (Å²) in [5.74, 6) is 2.41. The van der Waals surface area contributed by atoms with E-state index in [1.807, 2.05) is 91.0 Å². The van der Waals surface area contributed by atoms with Crippen LogP contribution < -0.4 is 9.04 Å². The van der Waals surface area contributed by atoms with E-state index in [4.69, 9.17) is 19.7 Å². The van der Waals surface area contributed by atoms with Gasteiger partial charge in [-0.15, -0.1) is 0 Å². The molecule has 5 aliphatic rings. The predicted molar refractivity (Wildman–Crippen MR) is 212 cm³/mol. The summed E-state index contributed by atoms with van der Waals surface area (Å²) in [6, 6.07) is 32.8. The number of anilines is 1. The van der Waals surface area contributed by atoms with Crippen molar-refractivity contribution < 1.29 is 13.2 Å². The topological polar surface area (TPSA) is 85.3 Å². The van der Waals surface area contributed by atoms with Gasteiger partial charge in [-0.25, -0.2) is 23.4 Å². The minimum Gasteiger partial charge on any atom is -0.485 e. The highest BCUT2D eigenvalue weighted by atomic mass is 32.2. The highest BCUT2D eigenvalue weighted by Crippen LogP contribution is 2.50. The van der Waals surface area contributed by atoms with Crippen molar-refractivity contribution in [2.45, 2.75) is 61.0 Å². The molecule has 266 valence electrons. The summed E-state index contributed by atoms with van der Waals surface area (Å²) in [5.41, 5.74) is 7.07. The molecule has 6 bridgehead atoms. The summed E-state index contributed by atoms with van der Waals surface area (Å²) in [5, 5.41) is 0. The van der Waals surface area contributed by atoms with Crippen molar-refractivity contribution in [1.29, 1.82) is 0 Å². The first-order chi connectivity index (χ1) is 26.3. The molecule has 5 aromatic rings. The van der Waals surface area contributed by atoms with Crippen LogP contribution in [0.1, 0.15) is 55.5 Å². The Morgan fingerprint density at radius 3 is 2.41 bits per heavy atom. The first-order valence-corrected chi connectivity index (χ1v) is 20.0. The van der Waals surface area contributed by atoms with E-state index in [1.54, 1.807) is 10.4 Å². The molecule has 7 nitrogen and oxygen atoms in total. The summed E-state index contributed by atoms with van der Waals surface area (Å²) >= 11 is 0. The molecular weight excluding hydrogens is 689 g/mol. The Hall–Kier alpha value is -5.86. The molecule has 2 aliphatic carbocycles. The molecule has 4 unspecified atom stereocenters.